The molecule has 5 nitrogen and oxygen atoms in total. The lowest BCUT2D eigenvalue weighted by Crippen LogP contribution is -2.43. The summed E-state index contributed by atoms with van der Waals surface area (Å²) in [6, 6.07) is 9.39. The number of hydrogen-bond acceptors (Lipinski definition) is 3. The molecule has 6 heteroatoms. The molecule has 1 aromatic carbocycles. The highest BCUT2D eigenvalue weighted by atomic mass is 32.1. The molecule has 0 radical (unpaired) electrons. The Morgan fingerprint density at radius 2 is 2.00 bits per heavy atom. The summed E-state index contributed by atoms with van der Waals surface area (Å²) in [7, 11) is 0. The molecule has 0 spiro atoms. The number of hydrogen-bond donors (Lipinski definition) is 4. The summed E-state index contributed by atoms with van der Waals surface area (Å²) in [6.45, 7) is 1.64. The number of benzene rings is 1. The van der Waals surface area contributed by atoms with Gasteiger partial charge in [0, 0.05) is 12.1 Å². The van der Waals surface area contributed by atoms with Crippen LogP contribution in [0.15, 0.2) is 30.3 Å². The van der Waals surface area contributed by atoms with E-state index in [2.05, 4.69) is 16.2 Å². The molecule has 18 heavy (non-hydrogen) atoms. The number of amides is 1. The molecule has 0 unspecified atom stereocenters. The van der Waals surface area contributed by atoms with Crippen LogP contribution in [0.1, 0.15) is 19.8 Å². The Hall–Kier alpha value is -1.66. The van der Waals surface area contributed by atoms with Gasteiger partial charge in [0.1, 0.15) is 0 Å². The summed E-state index contributed by atoms with van der Waals surface area (Å²) >= 11 is 5.00. The van der Waals surface area contributed by atoms with Gasteiger partial charge in [0.05, 0.1) is 6.10 Å². The molecule has 0 heterocycles. The lowest BCUT2D eigenvalue weighted by Gasteiger charge is -2.11. The Kier molecular flexibility index (Phi) is 6.10. The van der Waals surface area contributed by atoms with Crippen molar-refractivity contribution in [3.8, 4) is 0 Å². The van der Waals surface area contributed by atoms with E-state index in [1.54, 1.807) is 6.92 Å². The molecule has 0 aliphatic carbocycles. The predicted molar refractivity (Wildman–Crippen MR) is 74.9 cm³/mol. The molecular formula is C12H17N3O2S. The van der Waals surface area contributed by atoms with Crippen LogP contribution in [0, 0.1) is 0 Å². The van der Waals surface area contributed by atoms with E-state index in [1.165, 1.54) is 0 Å². The van der Waals surface area contributed by atoms with Crippen LogP contribution in [0.5, 0.6) is 0 Å². The Bertz CT molecular complexity index is 396. The highest BCUT2D eigenvalue weighted by Crippen LogP contribution is 2.03. The minimum atomic E-state index is -0.481. The fourth-order valence-electron chi connectivity index (χ4n) is 1.21. The number of nitrogens with one attached hydrogen (secondary N) is 3. The van der Waals surface area contributed by atoms with Crippen LogP contribution in [0.4, 0.5) is 5.69 Å². The van der Waals surface area contributed by atoms with E-state index < -0.39 is 6.10 Å². The van der Waals surface area contributed by atoms with Gasteiger partial charge in [0.15, 0.2) is 5.11 Å². The Morgan fingerprint density at radius 1 is 1.33 bits per heavy atom. The van der Waals surface area contributed by atoms with Gasteiger partial charge in [-0.25, -0.2) is 0 Å². The third-order valence-electron chi connectivity index (χ3n) is 2.14. The molecule has 0 aliphatic heterocycles. The van der Waals surface area contributed by atoms with Gasteiger partial charge in [-0.2, -0.15) is 0 Å². The first-order valence-corrected chi connectivity index (χ1v) is 6.07. The minimum absolute atomic E-state index is 0.215. The summed E-state index contributed by atoms with van der Waals surface area (Å²) in [5, 5.41) is 12.3. The standard InChI is InChI=1S/C12H17N3O2S/c1-9(16)7-8-11(17)14-15-12(18)13-10-5-3-2-4-6-10/h2-6,9,16H,7-8H2,1H3,(H,14,17)(H2,13,15,18)/t9-/m0/s1. The number of hydrazine groups is 1. The van der Waals surface area contributed by atoms with Crippen molar-refractivity contribution >= 4 is 28.9 Å². The number of aliphatic hydroxyl groups excluding tert-OH is 1. The van der Waals surface area contributed by atoms with E-state index in [1.807, 2.05) is 30.3 Å². The van der Waals surface area contributed by atoms with Crippen LogP contribution >= 0.6 is 12.2 Å². The molecule has 4 N–H and O–H groups in total. The fourth-order valence-corrected chi connectivity index (χ4v) is 1.38. The second-order valence-corrected chi connectivity index (χ2v) is 4.29. The molecule has 0 saturated carbocycles. The van der Waals surface area contributed by atoms with E-state index in [9.17, 15) is 4.79 Å². The molecule has 1 aromatic rings. The highest BCUT2D eigenvalue weighted by molar-refractivity contribution is 7.80. The number of thiocarbonyl (C=S) groups is 1. The number of para-hydroxylation sites is 1. The van der Waals surface area contributed by atoms with Crippen molar-refractivity contribution in [1.29, 1.82) is 0 Å². The van der Waals surface area contributed by atoms with E-state index in [4.69, 9.17) is 17.3 Å². The number of carbonyl (C=O) groups excluding carboxylic acids is 1. The third-order valence-corrected chi connectivity index (χ3v) is 2.34. The van der Waals surface area contributed by atoms with Crippen LogP contribution in [-0.2, 0) is 4.79 Å². The zero-order valence-corrected chi connectivity index (χ0v) is 11.0. The zero-order valence-electron chi connectivity index (χ0n) is 10.1. The second-order valence-electron chi connectivity index (χ2n) is 3.88. The number of carbonyl (C=O) groups is 1. The first kappa shape index (κ1) is 14.4. The largest absolute Gasteiger partial charge is 0.393 e. The van der Waals surface area contributed by atoms with Crippen LogP contribution in [0.3, 0.4) is 0 Å². The summed E-state index contributed by atoms with van der Waals surface area (Å²) < 4.78 is 0. The molecule has 98 valence electrons. The van der Waals surface area contributed by atoms with Crippen molar-refractivity contribution in [1.82, 2.24) is 10.9 Å². The molecule has 0 aliphatic rings. The van der Waals surface area contributed by atoms with Crippen molar-refractivity contribution < 1.29 is 9.90 Å². The maximum atomic E-state index is 11.3. The van der Waals surface area contributed by atoms with Crippen molar-refractivity contribution in [2.75, 3.05) is 5.32 Å². The first-order valence-electron chi connectivity index (χ1n) is 5.67. The summed E-state index contributed by atoms with van der Waals surface area (Å²) in [5.74, 6) is -0.215. The highest BCUT2D eigenvalue weighted by Gasteiger charge is 2.04. The van der Waals surface area contributed by atoms with Gasteiger partial charge in [-0.3, -0.25) is 15.6 Å². The van der Waals surface area contributed by atoms with Crippen molar-refractivity contribution in [2.24, 2.45) is 0 Å². The Labute approximate surface area is 112 Å². The van der Waals surface area contributed by atoms with Gasteiger partial charge in [-0.15, -0.1) is 0 Å². The van der Waals surface area contributed by atoms with E-state index in [-0.39, 0.29) is 12.3 Å². The van der Waals surface area contributed by atoms with Crippen LogP contribution < -0.4 is 16.2 Å². The third kappa shape index (κ3) is 6.17. The summed E-state index contributed by atoms with van der Waals surface area (Å²) in [4.78, 5) is 11.3. The van der Waals surface area contributed by atoms with Gasteiger partial charge in [-0.05, 0) is 37.7 Å². The van der Waals surface area contributed by atoms with Crippen LogP contribution in [0.2, 0.25) is 0 Å². The number of rotatable bonds is 4. The maximum absolute atomic E-state index is 11.3. The SMILES string of the molecule is C[C@H](O)CCC(=O)NNC(=S)Nc1ccccc1. The maximum Gasteiger partial charge on any atom is 0.238 e. The predicted octanol–water partition coefficient (Wildman–Crippen LogP) is 1.17. The van der Waals surface area contributed by atoms with Gasteiger partial charge >= 0.3 is 0 Å². The van der Waals surface area contributed by atoms with E-state index in [0.29, 0.717) is 11.5 Å². The van der Waals surface area contributed by atoms with Gasteiger partial charge in [0.2, 0.25) is 5.91 Å². The molecule has 0 bridgehead atoms. The zero-order chi connectivity index (χ0) is 13.4. The van der Waals surface area contributed by atoms with Crippen molar-refractivity contribution in [2.45, 2.75) is 25.9 Å². The molecule has 1 amide bonds. The average Bonchev–Trinajstić information content (AvgIpc) is 2.35. The topological polar surface area (TPSA) is 73.4 Å². The van der Waals surface area contributed by atoms with Gasteiger partial charge in [0.25, 0.3) is 0 Å². The first-order chi connectivity index (χ1) is 8.58. The van der Waals surface area contributed by atoms with Crippen LogP contribution in [-0.4, -0.2) is 22.2 Å². The lowest BCUT2D eigenvalue weighted by molar-refractivity contribution is -0.122. The second kappa shape index (κ2) is 7.62. The minimum Gasteiger partial charge on any atom is -0.393 e. The molecular weight excluding hydrogens is 250 g/mol. The molecule has 1 atom stereocenters. The molecule has 0 aromatic heterocycles. The van der Waals surface area contributed by atoms with E-state index in [0.717, 1.165) is 5.69 Å². The smallest absolute Gasteiger partial charge is 0.238 e. The average molecular weight is 267 g/mol. The van der Waals surface area contributed by atoms with Crippen molar-refractivity contribution in [3.05, 3.63) is 30.3 Å². The normalized spacial score (nSPS) is 11.4. The van der Waals surface area contributed by atoms with E-state index >= 15 is 0 Å². The fraction of sp³-hybridized carbons (Fsp3) is 0.333. The molecule has 0 fully saturated rings. The number of aliphatic hydroxyl groups is 1. The number of anilines is 1. The molecule has 0 saturated heterocycles. The van der Waals surface area contributed by atoms with Gasteiger partial charge in [-0.1, -0.05) is 18.2 Å². The van der Waals surface area contributed by atoms with Crippen LogP contribution in [0.25, 0.3) is 0 Å². The molecule has 1 rings (SSSR count). The quantitative estimate of drug-likeness (QED) is 0.487. The van der Waals surface area contributed by atoms with Crippen molar-refractivity contribution in [3.63, 3.8) is 0 Å². The lowest BCUT2D eigenvalue weighted by atomic mass is 10.2. The summed E-state index contributed by atoms with van der Waals surface area (Å²) in [6.07, 6.45) is 0.190. The van der Waals surface area contributed by atoms with Gasteiger partial charge < -0.3 is 10.4 Å². The Balaban J connectivity index is 2.23. The summed E-state index contributed by atoms with van der Waals surface area (Å²) in [5.41, 5.74) is 5.89. The monoisotopic (exact) mass is 267 g/mol. The Morgan fingerprint density at radius 3 is 2.61 bits per heavy atom.